The molecule has 210 valence electrons. The van der Waals surface area contributed by atoms with Gasteiger partial charge in [0.2, 0.25) is 0 Å². The second-order valence-electron chi connectivity index (χ2n) is 15.5. The van der Waals surface area contributed by atoms with Crippen LogP contribution >= 0.6 is 0 Å². The lowest BCUT2D eigenvalue weighted by Crippen LogP contribution is -2.66. The standard InChI is InChI=1S/C33H52O3Si2/c1-24-19-29-32(36-37(6,7)8,28(24)20-26-16-12-11-13-17-26)22-31(23-34-38(9,10)30(3,4)5)21-27-18-14-15-25(2)33(27,29)35-31/h11-14,16-18,20,24-25,27,29H,15,19,21-23H2,1-10H3/b28-20-/t24-,25+,27-,29-,31+,32+,33-/m1/s1. The first-order valence-electron chi connectivity index (χ1n) is 15.0. The molecule has 3 fully saturated rings. The van der Waals surface area contributed by atoms with Crippen LogP contribution in [0.25, 0.3) is 6.08 Å². The van der Waals surface area contributed by atoms with Crippen LogP contribution in [0.2, 0.25) is 37.8 Å². The zero-order chi connectivity index (χ0) is 27.8. The van der Waals surface area contributed by atoms with E-state index in [1.165, 1.54) is 11.1 Å². The molecule has 1 aromatic carbocycles. The zero-order valence-electron chi connectivity index (χ0n) is 25.7. The molecule has 2 aliphatic carbocycles. The van der Waals surface area contributed by atoms with Gasteiger partial charge in [0, 0.05) is 18.3 Å². The molecule has 4 aliphatic rings. The summed E-state index contributed by atoms with van der Waals surface area (Å²) in [6, 6.07) is 10.9. The van der Waals surface area contributed by atoms with E-state index in [0.717, 1.165) is 25.7 Å². The van der Waals surface area contributed by atoms with Crippen LogP contribution in [-0.2, 0) is 13.6 Å². The lowest BCUT2D eigenvalue weighted by atomic mass is 9.62. The van der Waals surface area contributed by atoms with E-state index in [2.05, 4.69) is 116 Å². The molecule has 0 radical (unpaired) electrons. The van der Waals surface area contributed by atoms with Crippen LogP contribution in [0.5, 0.6) is 0 Å². The third-order valence-electron chi connectivity index (χ3n) is 10.6. The van der Waals surface area contributed by atoms with Crippen LogP contribution in [0.3, 0.4) is 0 Å². The lowest BCUT2D eigenvalue weighted by molar-refractivity contribution is -0.252. The number of fused-ring (bicyclic) bond motifs is 2. The Morgan fingerprint density at radius 2 is 1.74 bits per heavy atom. The SMILES string of the molecule is C[C@@H]1C[C@H]2[C@]34O[C@@](CO[Si](C)(C)C(C)(C)C)(C[C@H]3C=CC[C@@H]4C)C[C@]2(O[Si](C)(C)C)/C1=C\c1ccccc1. The molecule has 1 aromatic rings. The number of benzene rings is 1. The highest BCUT2D eigenvalue weighted by atomic mass is 28.4. The topological polar surface area (TPSA) is 27.7 Å². The van der Waals surface area contributed by atoms with Crippen molar-refractivity contribution in [2.45, 2.75) is 115 Å². The minimum absolute atomic E-state index is 0.170. The molecule has 38 heavy (non-hydrogen) atoms. The van der Waals surface area contributed by atoms with Gasteiger partial charge in [-0.15, -0.1) is 0 Å². The molecule has 0 N–H and O–H groups in total. The van der Waals surface area contributed by atoms with Crippen molar-refractivity contribution in [2.75, 3.05) is 6.61 Å². The number of hydrogen-bond acceptors (Lipinski definition) is 3. The lowest BCUT2D eigenvalue weighted by Gasteiger charge is -2.59. The van der Waals surface area contributed by atoms with Crippen molar-refractivity contribution in [1.82, 2.24) is 0 Å². The van der Waals surface area contributed by atoms with Crippen LogP contribution in [0.15, 0.2) is 48.1 Å². The summed E-state index contributed by atoms with van der Waals surface area (Å²) in [5, 5.41) is 0.170. The third kappa shape index (κ3) is 4.58. The summed E-state index contributed by atoms with van der Waals surface area (Å²) < 4.78 is 22.1. The molecule has 0 unspecified atom stereocenters. The average Bonchev–Trinajstić information content (AvgIpc) is 3.23. The third-order valence-corrected chi connectivity index (χ3v) is 16.1. The fourth-order valence-corrected chi connectivity index (χ4v) is 10.5. The Kier molecular flexibility index (Phi) is 6.96. The number of ether oxygens (including phenoxy) is 1. The predicted molar refractivity (Wildman–Crippen MR) is 164 cm³/mol. The van der Waals surface area contributed by atoms with Crippen LogP contribution < -0.4 is 0 Å². The molecule has 2 aliphatic heterocycles. The van der Waals surface area contributed by atoms with Gasteiger partial charge in [0.15, 0.2) is 16.6 Å². The summed E-state index contributed by atoms with van der Waals surface area (Å²) in [4.78, 5) is 0. The average molecular weight is 553 g/mol. The fraction of sp³-hybridized carbons (Fsp3) is 0.697. The smallest absolute Gasteiger partial charge is 0.192 e. The quantitative estimate of drug-likeness (QED) is 0.261. The van der Waals surface area contributed by atoms with Gasteiger partial charge in [-0.05, 0) is 80.0 Å². The van der Waals surface area contributed by atoms with Gasteiger partial charge in [-0.25, -0.2) is 0 Å². The second-order valence-corrected chi connectivity index (χ2v) is 24.8. The highest BCUT2D eigenvalue weighted by Gasteiger charge is 2.74. The van der Waals surface area contributed by atoms with E-state index >= 15 is 0 Å². The van der Waals surface area contributed by atoms with Crippen molar-refractivity contribution in [3.63, 3.8) is 0 Å². The zero-order valence-corrected chi connectivity index (χ0v) is 27.7. The van der Waals surface area contributed by atoms with Crippen molar-refractivity contribution in [2.24, 2.45) is 23.7 Å². The highest BCUT2D eigenvalue weighted by molar-refractivity contribution is 6.74. The van der Waals surface area contributed by atoms with Crippen molar-refractivity contribution in [1.29, 1.82) is 0 Å². The summed E-state index contributed by atoms with van der Waals surface area (Å²) in [7, 11) is -3.85. The fourth-order valence-electron chi connectivity index (χ4n) is 8.06. The summed E-state index contributed by atoms with van der Waals surface area (Å²) >= 11 is 0. The van der Waals surface area contributed by atoms with E-state index < -0.39 is 16.6 Å². The minimum Gasteiger partial charge on any atom is -0.414 e. The van der Waals surface area contributed by atoms with Gasteiger partial charge < -0.3 is 13.6 Å². The van der Waals surface area contributed by atoms with E-state index in [1.54, 1.807) is 0 Å². The normalized spacial score (nSPS) is 39.9. The first-order valence-corrected chi connectivity index (χ1v) is 21.3. The largest absolute Gasteiger partial charge is 0.414 e. The van der Waals surface area contributed by atoms with Crippen molar-refractivity contribution < 1.29 is 13.6 Å². The molecule has 5 heteroatoms. The van der Waals surface area contributed by atoms with E-state index in [9.17, 15) is 0 Å². The van der Waals surface area contributed by atoms with Gasteiger partial charge in [0.1, 0.15) is 0 Å². The van der Waals surface area contributed by atoms with Crippen LogP contribution in [-0.4, -0.2) is 40.0 Å². The molecule has 1 spiro atoms. The Bertz CT molecular complexity index is 1100. The molecule has 2 heterocycles. The Hall–Kier alpha value is -0.986. The van der Waals surface area contributed by atoms with Crippen LogP contribution in [0.4, 0.5) is 0 Å². The van der Waals surface area contributed by atoms with E-state index in [-0.39, 0.29) is 21.8 Å². The van der Waals surface area contributed by atoms with Crippen LogP contribution in [0, 0.1) is 23.7 Å². The van der Waals surface area contributed by atoms with Gasteiger partial charge in [-0.3, -0.25) is 0 Å². The molecular weight excluding hydrogens is 501 g/mol. The Morgan fingerprint density at radius 3 is 2.37 bits per heavy atom. The van der Waals surface area contributed by atoms with Gasteiger partial charge in [0.25, 0.3) is 0 Å². The first-order chi connectivity index (χ1) is 17.5. The second kappa shape index (κ2) is 9.27. The van der Waals surface area contributed by atoms with Crippen molar-refractivity contribution in [3.05, 3.63) is 53.6 Å². The molecule has 7 atom stereocenters. The predicted octanol–water partition coefficient (Wildman–Crippen LogP) is 8.85. The molecule has 0 amide bonds. The van der Waals surface area contributed by atoms with E-state index in [0.29, 0.717) is 30.3 Å². The van der Waals surface area contributed by atoms with Crippen molar-refractivity contribution in [3.8, 4) is 0 Å². The maximum Gasteiger partial charge on any atom is 0.192 e. The Balaban J connectivity index is 1.67. The monoisotopic (exact) mass is 552 g/mol. The van der Waals surface area contributed by atoms with Gasteiger partial charge in [0.05, 0.1) is 23.4 Å². The molecule has 3 nitrogen and oxygen atoms in total. The van der Waals surface area contributed by atoms with Gasteiger partial charge in [-0.2, -0.15) is 0 Å². The van der Waals surface area contributed by atoms with E-state index in [4.69, 9.17) is 13.6 Å². The molecule has 2 bridgehead atoms. The van der Waals surface area contributed by atoms with Crippen LogP contribution in [0.1, 0.15) is 65.9 Å². The molecule has 1 saturated carbocycles. The maximum atomic E-state index is 7.56. The molecule has 0 aromatic heterocycles. The molecular formula is C33H52O3Si2. The molecule has 5 rings (SSSR count). The Labute approximate surface area is 234 Å². The van der Waals surface area contributed by atoms with Crippen molar-refractivity contribution >= 4 is 22.7 Å². The first kappa shape index (κ1) is 28.5. The van der Waals surface area contributed by atoms with Gasteiger partial charge in [-0.1, -0.05) is 83.2 Å². The number of hydrogen-bond donors (Lipinski definition) is 0. The summed E-state index contributed by atoms with van der Waals surface area (Å²) in [5.74, 6) is 1.71. The highest BCUT2D eigenvalue weighted by Crippen LogP contribution is 2.70. The summed E-state index contributed by atoms with van der Waals surface area (Å²) in [6.45, 7) is 24.4. The summed E-state index contributed by atoms with van der Waals surface area (Å²) in [6.07, 6.45) is 11.6. The van der Waals surface area contributed by atoms with E-state index in [1.807, 2.05) is 0 Å². The Morgan fingerprint density at radius 1 is 1.05 bits per heavy atom. The van der Waals surface area contributed by atoms with Gasteiger partial charge >= 0.3 is 0 Å². The summed E-state index contributed by atoms with van der Waals surface area (Å²) in [5.41, 5.74) is 1.97. The number of allylic oxidation sites excluding steroid dienone is 1. The maximum absolute atomic E-state index is 7.56. The molecule has 2 saturated heterocycles. The minimum atomic E-state index is -1.94. The number of rotatable bonds is 6.